The first-order chi connectivity index (χ1) is 13.4. The lowest BCUT2D eigenvalue weighted by Crippen LogP contribution is -2.54. The van der Waals surface area contributed by atoms with Crippen molar-refractivity contribution in [2.24, 2.45) is 5.41 Å². The second-order valence-corrected chi connectivity index (χ2v) is 7.39. The van der Waals surface area contributed by atoms with Crippen molar-refractivity contribution in [2.45, 2.75) is 13.8 Å². The number of para-hydroxylation sites is 1. The van der Waals surface area contributed by atoms with Gasteiger partial charge in [-0.05, 0) is 44.2 Å². The van der Waals surface area contributed by atoms with Gasteiger partial charge in [0.25, 0.3) is 0 Å². The van der Waals surface area contributed by atoms with Crippen molar-refractivity contribution in [1.82, 2.24) is 4.90 Å². The highest BCUT2D eigenvalue weighted by Crippen LogP contribution is 2.24. The van der Waals surface area contributed by atoms with Crippen LogP contribution in [-0.4, -0.2) is 42.9 Å². The molecule has 2 amide bonds. The molecule has 3 rings (SSSR count). The van der Waals surface area contributed by atoms with Gasteiger partial charge in [-0.3, -0.25) is 9.59 Å². The monoisotopic (exact) mass is 376 g/mol. The van der Waals surface area contributed by atoms with Gasteiger partial charge in [-0.25, -0.2) is 0 Å². The Kier molecular flexibility index (Phi) is 5.65. The van der Waals surface area contributed by atoms with E-state index in [-0.39, 0.29) is 11.8 Å². The number of nitrogens with one attached hydrogen (secondary N) is 1. The molecule has 1 N–H and O–H groups in total. The molecule has 0 saturated carbocycles. The maximum atomic E-state index is 13.0. The summed E-state index contributed by atoms with van der Waals surface area (Å²) in [6.45, 7) is 5.91. The van der Waals surface area contributed by atoms with Crippen LogP contribution in [-0.2, 0) is 9.59 Å². The van der Waals surface area contributed by atoms with Gasteiger partial charge in [-0.2, -0.15) is 5.26 Å². The normalized spacial score (nSPS) is 14.3. The van der Waals surface area contributed by atoms with Crippen molar-refractivity contribution in [3.8, 4) is 6.07 Å². The molecule has 6 heteroatoms. The smallest absolute Gasteiger partial charge is 0.239 e. The van der Waals surface area contributed by atoms with E-state index in [4.69, 9.17) is 5.26 Å². The summed E-state index contributed by atoms with van der Waals surface area (Å²) >= 11 is 0. The first-order valence-electron chi connectivity index (χ1n) is 9.33. The van der Waals surface area contributed by atoms with Crippen LogP contribution in [0.4, 0.5) is 11.4 Å². The average Bonchev–Trinajstić information content (AvgIpc) is 2.74. The van der Waals surface area contributed by atoms with Crippen molar-refractivity contribution in [2.75, 3.05) is 36.4 Å². The second kappa shape index (κ2) is 8.13. The number of piperazine rings is 1. The number of hydrogen-bond acceptors (Lipinski definition) is 4. The molecule has 1 aliphatic heterocycles. The van der Waals surface area contributed by atoms with E-state index in [2.05, 4.69) is 22.3 Å². The molecule has 1 heterocycles. The van der Waals surface area contributed by atoms with Crippen LogP contribution in [0.15, 0.2) is 54.6 Å². The van der Waals surface area contributed by atoms with Crippen LogP contribution in [0.25, 0.3) is 0 Å². The van der Waals surface area contributed by atoms with Crippen LogP contribution in [0.2, 0.25) is 0 Å². The first-order valence-corrected chi connectivity index (χ1v) is 9.33. The molecular weight excluding hydrogens is 352 g/mol. The van der Waals surface area contributed by atoms with Gasteiger partial charge in [0.1, 0.15) is 5.41 Å². The Labute approximate surface area is 165 Å². The van der Waals surface area contributed by atoms with Gasteiger partial charge >= 0.3 is 0 Å². The number of rotatable bonds is 4. The summed E-state index contributed by atoms with van der Waals surface area (Å²) in [5, 5.41) is 11.8. The van der Waals surface area contributed by atoms with Crippen LogP contribution in [0.5, 0.6) is 0 Å². The van der Waals surface area contributed by atoms with Crippen LogP contribution in [0, 0.1) is 16.7 Å². The first kappa shape index (κ1) is 19.4. The van der Waals surface area contributed by atoms with E-state index < -0.39 is 5.41 Å². The van der Waals surface area contributed by atoms with Crippen molar-refractivity contribution < 1.29 is 9.59 Å². The topological polar surface area (TPSA) is 76.4 Å². The molecule has 0 bridgehead atoms. The quantitative estimate of drug-likeness (QED) is 0.833. The van der Waals surface area contributed by atoms with Crippen molar-refractivity contribution in [3.05, 3.63) is 60.2 Å². The third-order valence-electron chi connectivity index (χ3n) is 5.04. The van der Waals surface area contributed by atoms with Gasteiger partial charge in [0.15, 0.2) is 0 Å². The summed E-state index contributed by atoms with van der Waals surface area (Å²) in [5.74, 6) is -0.563. The Hall–Kier alpha value is -3.33. The highest BCUT2D eigenvalue weighted by molar-refractivity contribution is 6.09. The molecule has 1 fully saturated rings. The zero-order valence-corrected chi connectivity index (χ0v) is 16.2. The molecule has 2 aromatic carbocycles. The number of hydrogen-bond donors (Lipinski definition) is 1. The summed E-state index contributed by atoms with van der Waals surface area (Å²) in [5.41, 5.74) is 0.916. The van der Waals surface area contributed by atoms with Crippen LogP contribution < -0.4 is 10.2 Å². The minimum Gasteiger partial charge on any atom is -0.368 e. The van der Waals surface area contributed by atoms with E-state index in [1.54, 1.807) is 43.0 Å². The number of carbonyl (C=O) groups excluding carboxylic acids is 2. The van der Waals surface area contributed by atoms with Gasteiger partial charge < -0.3 is 15.1 Å². The molecule has 28 heavy (non-hydrogen) atoms. The van der Waals surface area contributed by atoms with E-state index in [1.165, 1.54) is 0 Å². The van der Waals surface area contributed by atoms with E-state index >= 15 is 0 Å². The van der Waals surface area contributed by atoms with Crippen molar-refractivity contribution >= 4 is 23.2 Å². The predicted molar refractivity (Wildman–Crippen MR) is 109 cm³/mol. The highest BCUT2D eigenvalue weighted by Gasteiger charge is 2.40. The number of carbonyl (C=O) groups is 2. The van der Waals surface area contributed by atoms with E-state index in [1.807, 2.05) is 24.3 Å². The zero-order chi connectivity index (χ0) is 20.1. The maximum Gasteiger partial charge on any atom is 0.239 e. The van der Waals surface area contributed by atoms with Crippen LogP contribution >= 0.6 is 0 Å². The largest absolute Gasteiger partial charge is 0.368 e. The van der Waals surface area contributed by atoms with Crippen LogP contribution in [0.3, 0.4) is 0 Å². The van der Waals surface area contributed by atoms with Gasteiger partial charge in [-0.1, -0.05) is 24.3 Å². The Morgan fingerprint density at radius 1 is 1.00 bits per heavy atom. The molecule has 1 aliphatic rings. The number of amides is 2. The number of anilines is 2. The Balaban J connectivity index is 1.62. The highest BCUT2D eigenvalue weighted by atomic mass is 16.2. The Morgan fingerprint density at radius 3 is 2.32 bits per heavy atom. The van der Waals surface area contributed by atoms with Crippen LogP contribution in [0.1, 0.15) is 19.4 Å². The van der Waals surface area contributed by atoms with Crippen molar-refractivity contribution in [3.63, 3.8) is 0 Å². The Morgan fingerprint density at radius 2 is 1.68 bits per heavy atom. The SMILES string of the molecule is CC(C)(C(=O)Nc1cccc(C#N)c1)C(=O)N1CCN(c2ccccc2)CC1. The standard InChI is InChI=1S/C22H24N4O2/c1-22(2,20(27)24-18-8-6-7-17(15-18)16-23)21(28)26-13-11-25(12-14-26)19-9-4-3-5-10-19/h3-10,15H,11-14H2,1-2H3,(H,24,27). The molecule has 2 aromatic rings. The summed E-state index contributed by atoms with van der Waals surface area (Å²) < 4.78 is 0. The molecule has 0 aromatic heterocycles. The zero-order valence-electron chi connectivity index (χ0n) is 16.2. The summed E-state index contributed by atoms with van der Waals surface area (Å²) in [6, 6.07) is 18.8. The lowest BCUT2D eigenvalue weighted by molar-refractivity contribution is -0.146. The van der Waals surface area contributed by atoms with Gasteiger partial charge in [0.05, 0.1) is 11.6 Å². The third kappa shape index (κ3) is 4.15. The molecule has 0 unspecified atom stereocenters. The molecule has 0 aliphatic carbocycles. The van der Waals surface area contributed by atoms with E-state index in [0.29, 0.717) is 24.3 Å². The molecule has 144 valence electrons. The molecule has 1 saturated heterocycles. The molecule has 0 atom stereocenters. The molecule has 6 nitrogen and oxygen atoms in total. The lowest BCUT2D eigenvalue weighted by Gasteiger charge is -2.39. The van der Waals surface area contributed by atoms with Crippen molar-refractivity contribution in [1.29, 1.82) is 5.26 Å². The van der Waals surface area contributed by atoms with Gasteiger partial charge in [0.2, 0.25) is 11.8 Å². The number of nitrogens with zero attached hydrogens (tertiary/aromatic N) is 3. The predicted octanol–water partition coefficient (Wildman–Crippen LogP) is 2.87. The van der Waals surface area contributed by atoms with Gasteiger partial charge in [-0.15, -0.1) is 0 Å². The minimum absolute atomic E-state index is 0.186. The fourth-order valence-corrected chi connectivity index (χ4v) is 3.25. The van der Waals surface area contributed by atoms with E-state index in [9.17, 15) is 9.59 Å². The fourth-order valence-electron chi connectivity index (χ4n) is 3.25. The molecule has 0 spiro atoms. The summed E-state index contributed by atoms with van der Waals surface area (Å²) in [7, 11) is 0. The number of benzene rings is 2. The average molecular weight is 376 g/mol. The molecular formula is C22H24N4O2. The number of nitriles is 1. The van der Waals surface area contributed by atoms with Gasteiger partial charge in [0, 0.05) is 37.6 Å². The molecule has 0 radical (unpaired) electrons. The summed E-state index contributed by atoms with van der Waals surface area (Å²) in [4.78, 5) is 29.8. The van der Waals surface area contributed by atoms with E-state index in [0.717, 1.165) is 18.8 Å². The lowest BCUT2D eigenvalue weighted by atomic mass is 9.89. The summed E-state index contributed by atoms with van der Waals surface area (Å²) in [6.07, 6.45) is 0. The second-order valence-electron chi connectivity index (χ2n) is 7.39. The maximum absolute atomic E-state index is 13.0. The third-order valence-corrected chi connectivity index (χ3v) is 5.04. The Bertz CT molecular complexity index is 894. The fraction of sp³-hybridized carbons (Fsp3) is 0.318. The minimum atomic E-state index is -1.20.